The maximum Gasteiger partial charge on any atom is 0.234 e. The van der Waals surface area contributed by atoms with Crippen LogP contribution in [0, 0.1) is 5.82 Å². The van der Waals surface area contributed by atoms with Crippen molar-refractivity contribution >= 4 is 35.0 Å². The highest BCUT2D eigenvalue weighted by Crippen LogP contribution is 2.28. The molecule has 126 valence electrons. The number of anilines is 2. The van der Waals surface area contributed by atoms with Crippen molar-refractivity contribution in [3.63, 3.8) is 0 Å². The van der Waals surface area contributed by atoms with Crippen LogP contribution in [0.3, 0.4) is 0 Å². The van der Waals surface area contributed by atoms with Gasteiger partial charge in [-0.25, -0.2) is 4.39 Å². The minimum atomic E-state index is -0.316. The molecule has 0 aliphatic rings. The van der Waals surface area contributed by atoms with Gasteiger partial charge in [-0.05, 0) is 42.5 Å². The van der Waals surface area contributed by atoms with Crippen LogP contribution < -0.4 is 15.4 Å². The van der Waals surface area contributed by atoms with Crippen molar-refractivity contribution in [2.75, 3.05) is 23.5 Å². The lowest BCUT2D eigenvalue weighted by Crippen LogP contribution is -2.15. The fourth-order valence-corrected chi connectivity index (χ4v) is 2.65. The van der Waals surface area contributed by atoms with Crippen LogP contribution in [0.4, 0.5) is 15.8 Å². The summed E-state index contributed by atoms with van der Waals surface area (Å²) in [7, 11) is 1.50. The number of amides is 2. The minimum absolute atomic E-state index is 0.166. The van der Waals surface area contributed by atoms with E-state index in [1.807, 2.05) is 0 Å². The summed E-state index contributed by atoms with van der Waals surface area (Å²) in [5.41, 5.74) is 1.03. The highest BCUT2D eigenvalue weighted by Gasteiger charge is 2.10. The van der Waals surface area contributed by atoms with E-state index in [4.69, 9.17) is 4.74 Å². The third-order valence-electron chi connectivity index (χ3n) is 2.98. The molecule has 2 aromatic carbocycles. The molecule has 0 aromatic heterocycles. The molecule has 24 heavy (non-hydrogen) atoms. The van der Waals surface area contributed by atoms with Crippen molar-refractivity contribution in [3.05, 3.63) is 48.3 Å². The lowest BCUT2D eigenvalue weighted by atomic mass is 10.2. The number of carbonyl (C=O) groups excluding carboxylic acids is 2. The van der Waals surface area contributed by atoms with Crippen LogP contribution in [0.2, 0.25) is 0 Å². The molecular weight excluding hydrogens is 331 g/mol. The fourth-order valence-electron chi connectivity index (χ4n) is 1.95. The summed E-state index contributed by atoms with van der Waals surface area (Å²) in [4.78, 5) is 24.0. The van der Waals surface area contributed by atoms with Crippen LogP contribution in [0.5, 0.6) is 5.75 Å². The van der Waals surface area contributed by atoms with Crippen LogP contribution in [0.1, 0.15) is 6.92 Å². The Balaban J connectivity index is 2.01. The number of thioether (sulfide) groups is 1. The van der Waals surface area contributed by atoms with Gasteiger partial charge in [0.1, 0.15) is 11.6 Å². The number of methoxy groups -OCH3 is 1. The van der Waals surface area contributed by atoms with Crippen molar-refractivity contribution < 1.29 is 18.7 Å². The summed E-state index contributed by atoms with van der Waals surface area (Å²) in [6.07, 6.45) is 0. The summed E-state index contributed by atoms with van der Waals surface area (Å²) in [6.45, 7) is 1.40. The predicted molar refractivity (Wildman–Crippen MR) is 93.1 cm³/mol. The molecule has 0 saturated carbocycles. The zero-order valence-corrected chi connectivity index (χ0v) is 14.1. The van der Waals surface area contributed by atoms with Crippen molar-refractivity contribution in [1.82, 2.24) is 0 Å². The van der Waals surface area contributed by atoms with Gasteiger partial charge in [0.25, 0.3) is 0 Å². The second-order valence-electron chi connectivity index (χ2n) is 4.89. The Bertz CT molecular complexity index is 735. The standard InChI is InChI=1S/C17H17FN2O3S/c1-11(21)19-13-5-8-16(23-2)15(9-13)20-17(22)10-24-14-6-3-12(18)4-7-14/h3-9H,10H2,1-2H3,(H,19,21)(H,20,22). The maximum atomic E-state index is 12.9. The lowest BCUT2D eigenvalue weighted by Gasteiger charge is -2.12. The van der Waals surface area contributed by atoms with Gasteiger partial charge in [0, 0.05) is 17.5 Å². The first kappa shape index (κ1) is 17.8. The third-order valence-corrected chi connectivity index (χ3v) is 3.99. The van der Waals surface area contributed by atoms with Crippen molar-refractivity contribution in [1.29, 1.82) is 0 Å². The fraction of sp³-hybridized carbons (Fsp3) is 0.176. The summed E-state index contributed by atoms with van der Waals surface area (Å²) in [6, 6.07) is 10.9. The van der Waals surface area contributed by atoms with Gasteiger partial charge in [0.2, 0.25) is 11.8 Å². The molecule has 0 saturated heterocycles. The number of ether oxygens (including phenoxy) is 1. The monoisotopic (exact) mass is 348 g/mol. The van der Waals surface area contributed by atoms with Crippen LogP contribution in [0.25, 0.3) is 0 Å². The molecule has 0 fully saturated rings. The first-order valence-electron chi connectivity index (χ1n) is 7.12. The van der Waals surface area contributed by atoms with Gasteiger partial charge < -0.3 is 15.4 Å². The van der Waals surface area contributed by atoms with Crippen molar-refractivity contribution in [2.45, 2.75) is 11.8 Å². The van der Waals surface area contributed by atoms with Gasteiger partial charge in [-0.1, -0.05) is 0 Å². The quantitative estimate of drug-likeness (QED) is 0.784. The van der Waals surface area contributed by atoms with Crippen LogP contribution >= 0.6 is 11.8 Å². The largest absolute Gasteiger partial charge is 0.495 e. The molecule has 2 rings (SSSR count). The lowest BCUT2D eigenvalue weighted by molar-refractivity contribution is -0.114. The van der Waals surface area contributed by atoms with E-state index in [-0.39, 0.29) is 23.4 Å². The molecule has 2 aromatic rings. The number of hydrogen-bond acceptors (Lipinski definition) is 4. The Morgan fingerprint density at radius 1 is 1.12 bits per heavy atom. The van der Waals surface area contributed by atoms with Gasteiger partial charge in [-0.3, -0.25) is 9.59 Å². The SMILES string of the molecule is COc1ccc(NC(C)=O)cc1NC(=O)CSc1ccc(F)cc1. The molecule has 0 unspecified atom stereocenters. The van der Waals surface area contributed by atoms with Gasteiger partial charge in [0.05, 0.1) is 18.6 Å². The number of hydrogen-bond donors (Lipinski definition) is 2. The second-order valence-corrected chi connectivity index (χ2v) is 5.94. The smallest absolute Gasteiger partial charge is 0.234 e. The van der Waals surface area contributed by atoms with Gasteiger partial charge in [-0.15, -0.1) is 11.8 Å². The molecule has 0 bridgehead atoms. The number of benzene rings is 2. The van der Waals surface area contributed by atoms with Crippen LogP contribution in [-0.2, 0) is 9.59 Å². The van der Waals surface area contributed by atoms with E-state index in [0.717, 1.165) is 4.90 Å². The summed E-state index contributed by atoms with van der Waals surface area (Å²) in [5, 5.41) is 5.39. The number of halogens is 1. The van der Waals surface area contributed by atoms with Gasteiger partial charge in [-0.2, -0.15) is 0 Å². The normalized spacial score (nSPS) is 10.1. The van der Waals surface area contributed by atoms with E-state index in [9.17, 15) is 14.0 Å². The highest BCUT2D eigenvalue weighted by atomic mass is 32.2. The predicted octanol–water partition coefficient (Wildman–Crippen LogP) is 3.52. The van der Waals surface area contributed by atoms with Gasteiger partial charge >= 0.3 is 0 Å². The molecule has 0 atom stereocenters. The van der Waals surface area contributed by atoms with Crippen LogP contribution in [-0.4, -0.2) is 24.7 Å². The van der Waals surface area contributed by atoms with E-state index in [2.05, 4.69) is 10.6 Å². The van der Waals surface area contributed by atoms with Crippen molar-refractivity contribution in [2.24, 2.45) is 0 Å². The Labute approximate surface area is 143 Å². The van der Waals surface area contributed by atoms with E-state index >= 15 is 0 Å². The second kappa shape index (κ2) is 8.35. The minimum Gasteiger partial charge on any atom is -0.495 e. The first-order chi connectivity index (χ1) is 11.5. The molecule has 2 amide bonds. The Morgan fingerprint density at radius 3 is 2.46 bits per heavy atom. The first-order valence-corrected chi connectivity index (χ1v) is 8.10. The summed E-state index contributed by atoms with van der Waals surface area (Å²) >= 11 is 1.30. The molecule has 0 radical (unpaired) electrons. The maximum absolute atomic E-state index is 12.9. The van der Waals surface area contributed by atoms with Crippen molar-refractivity contribution in [3.8, 4) is 5.75 Å². The van der Waals surface area contributed by atoms with E-state index < -0.39 is 0 Å². The highest BCUT2D eigenvalue weighted by molar-refractivity contribution is 8.00. The average Bonchev–Trinajstić information content (AvgIpc) is 2.54. The summed E-state index contributed by atoms with van der Waals surface area (Å²) < 4.78 is 18.1. The number of carbonyl (C=O) groups is 2. The molecule has 0 aliphatic carbocycles. The zero-order valence-electron chi connectivity index (χ0n) is 13.3. The topological polar surface area (TPSA) is 67.4 Å². The average molecular weight is 348 g/mol. The van der Waals surface area contributed by atoms with Gasteiger partial charge in [0.15, 0.2) is 0 Å². The molecule has 0 spiro atoms. The molecular formula is C17H17FN2O3S. The van der Waals surface area contributed by atoms with E-state index in [1.165, 1.54) is 37.9 Å². The van der Waals surface area contributed by atoms with Crippen LogP contribution in [0.15, 0.2) is 47.4 Å². The Kier molecular flexibility index (Phi) is 6.20. The number of nitrogens with one attached hydrogen (secondary N) is 2. The van der Waals surface area contributed by atoms with E-state index in [0.29, 0.717) is 17.1 Å². The van der Waals surface area contributed by atoms with E-state index in [1.54, 1.807) is 30.3 Å². The summed E-state index contributed by atoms with van der Waals surface area (Å²) in [5.74, 6) is -0.0986. The number of rotatable bonds is 6. The molecule has 2 N–H and O–H groups in total. The third kappa shape index (κ3) is 5.27. The molecule has 7 heteroatoms. The molecule has 0 aliphatic heterocycles. The zero-order chi connectivity index (χ0) is 17.5. The molecule has 5 nitrogen and oxygen atoms in total. The molecule has 0 heterocycles. The Morgan fingerprint density at radius 2 is 1.83 bits per heavy atom. The Hall–Kier alpha value is -2.54.